The second-order valence-electron chi connectivity index (χ2n) is 4.11. The summed E-state index contributed by atoms with van der Waals surface area (Å²) in [4.78, 5) is 4.34. The van der Waals surface area contributed by atoms with Gasteiger partial charge in [-0.1, -0.05) is 18.2 Å². The second-order valence-corrected chi connectivity index (χ2v) is 4.11. The van der Waals surface area contributed by atoms with Crippen molar-refractivity contribution in [1.29, 1.82) is 0 Å². The lowest BCUT2D eigenvalue weighted by molar-refractivity contribution is 0.947. The Hall–Kier alpha value is -2.49. The van der Waals surface area contributed by atoms with Gasteiger partial charge in [-0.05, 0) is 29.8 Å². The first-order valence-electron chi connectivity index (χ1n) is 5.73. The Morgan fingerprint density at radius 2 is 1.83 bits per heavy atom. The van der Waals surface area contributed by atoms with Crippen LogP contribution in [0.1, 0.15) is 11.3 Å². The van der Waals surface area contributed by atoms with Crippen LogP contribution in [0, 0.1) is 0 Å². The third kappa shape index (κ3) is 2.00. The molecule has 0 saturated carbocycles. The largest absolute Gasteiger partial charge is 0.382 e. The highest BCUT2D eigenvalue weighted by atomic mass is 15.1. The van der Waals surface area contributed by atoms with E-state index in [-0.39, 0.29) is 0 Å². The molecule has 2 heterocycles. The van der Waals surface area contributed by atoms with Gasteiger partial charge in [-0.3, -0.25) is 4.98 Å². The van der Waals surface area contributed by atoms with E-state index in [9.17, 15) is 0 Å². The van der Waals surface area contributed by atoms with E-state index in [1.807, 2.05) is 36.5 Å². The van der Waals surface area contributed by atoms with Crippen LogP contribution < -0.4 is 5.73 Å². The molecule has 1 aromatic carbocycles. The Morgan fingerprint density at radius 3 is 2.67 bits per heavy atom. The molecule has 4 heteroatoms. The van der Waals surface area contributed by atoms with Gasteiger partial charge in [0.05, 0.1) is 11.2 Å². The number of fused-ring (bicyclic) bond motifs is 1. The maximum atomic E-state index is 5.53. The molecule has 0 amide bonds. The number of aromatic nitrogens is 3. The molecule has 2 aromatic heterocycles. The highest BCUT2D eigenvalue weighted by Crippen LogP contribution is 2.18. The van der Waals surface area contributed by atoms with Crippen molar-refractivity contribution in [3.05, 3.63) is 59.9 Å². The second kappa shape index (κ2) is 4.41. The quantitative estimate of drug-likeness (QED) is 0.740. The van der Waals surface area contributed by atoms with Crippen molar-refractivity contribution in [3.8, 4) is 0 Å². The SMILES string of the molecule is Nc1ccc(Cc2ccnc3ccccc23)nn1. The predicted molar refractivity (Wildman–Crippen MR) is 71.0 cm³/mol. The van der Waals surface area contributed by atoms with Gasteiger partial charge in [0, 0.05) is 18.0 Å². The molecule has 0 spiro atoms. The normalized spacial score (nSPS) is 10.7. The Balaban J connectivity index is 2.02. The summed E-state index contributed by atoms with van der Waals surface area (Å²) in [6.07, 6.45) is 2.55. The van der Waals surface area contributed by atoms with Gasteiger partial charge in [0.25, 0.3) is 0 Å². The molecular weight excluding hydrogens is 224 g/mol. The van der Waals surface area contributed by atoms with Crippen LogP contribution in [0.25, 0.3) is 10.9 Å². The Labute approximate surface area is 105 Å². The highest BCUT2D eigenvalue weighted by Gasteiger charge is 2.03. The number of nitrogen functional groups attached to an aromatic ring is 1. The molecule has 0 saturated heterocycles. The zero-order chi connectivity index (χ0) is 12.4. The van der Waals surface area contributed by atoms with Gasteiger partial charge in [-0.25, -0.2) is 0 Å². The van der Waals surface area contributed by atoms with Crippen molar-refractivity contribution in [2.75, 3.05) is 5.73 Å². The van der Waals surface area contributed by atoms with E-state index in [2.05, 4.69) is 21.2 Å². The van der Waals surface area contributed by atoms with E-state index in [0.29, 0.717) is 5.82 Å². The number of hydrogen-bond acceptors (Lipinski definition) is 4. The maximum Gasteiger partial charge on any atom is 0.146 e. The zero-order valence-corrected chi connectivity index (χ0v) is 9.74. The molecule has 0 radical (unpaired) electrons. The molecule has 0 atom stereocenters. The highest BCUT2D eigenvalue weighted by molar-refractivity contribution is 5.82. The summed E-state index contributed by atoms with van der Waals surface area (Å²) in [5.74, 6) is 0.443. The first-order valence-corrected chi connectivity index (χ1v) is 5.73. The van der Waals surface area contributed by atoms with Gasteiger partial charge in [0.15, 0.2) is 0 Å². The molecule has 3 aromatic rings. The van der Waals surface area contributed by atoms with Crippen LogP contribution in [0.2, 0.25) is 0 Å². The topological polar surface area (TPSA) is 64.7 Å². The van der Waals surface area contributed by atoms with Gasteiger partial charge in [0.1, 0.15) is 5.82 Å². The van der Waals surface area contributed by atoms with Crippen LogP contribution in [0.3, 0.4) is 0 Å². The van der Waals surface area contributed by atoms with Gasteiger partial charge in [-0.15, -0.1) is 5.10 Å². The molecule has 0 bridgehead atoms. The van der Waals surface area contributed by atoms with Gasteiger partial charge < -0.3 is 5.73 Å². The van der Waals surface area contributed by atoms with Crippen molar-refractivity contribution in [2.24, 2.45) is 0 Å². The van der Waals surface area contributed by atoms with Gasteiger partial charge in [0.2, 0.25) is 0 Å². The monoisotopic (exact) mass is 236 g/mol. The minimum absolute atomic E-state index is 0.443. The molecule has 0 fully saturated rings. The number of nitrogens with two attached hydrogens (primary N) is 1. The van der Waals surface area contributed by atoms with E-state index < -0.39 is 0 Å². The summed E-state index contributed by atoms with van der Waals surface area (Å²) in [5.41, 5.74) is 8.62. The van der Waals surface area contributed by atoms with Crippen LogP contribution >= 0.6 is 0 Å². The minimum atomic E-state index is 0.443. The van der Waals surface area contributed by atoms with Crippen LogP contribution in [0.5, 0.6) is 0 Å². The average molecular weight is 236 g/mol. The fraction of sp³-hybridized carbons (Fsp3) is 0.0714. The third-order valence-electron chi connectivity index (χ3n) is 2.85. The third-order valence-corrected chi connectivity index (χ3v) is 2.85. The first-order chi connectivity index (χ1) is 8.83. The average Bonchev–Trinajstić information content (AvgIpc) is 2.42. The van der Waals surface area contributed by atoms with Crippen molar-refractivity contribution in [2.45, 2.75) is 6.42 Å². The predicted octanol–water partition coefficient (Wildman–Crippen LogP) is 2.20. The molecule has 0 aliphatic rings. The summed E-state index contributed by atoms with van der Waals surface area (Å²) in [6.45, 7) is 0. The summed E-state index contributed by atoms with van der Waals surface area (Å²) in [7, 11) is 0. The van der Waals surface area contributed by atoms with Gasteiger partial charge >= 0.3 is 0 Å². The van der Waals surface area contributed by atoms with Crippen molar-refractivity contribution < 1.29 is 0 Å². The Kier molecular flexibility index (Phi) is 2.61. The number of hydrogen-bond donors (Lipinski definition) is 1. The number of anilines is 1. The van der Waals surface area contributed by atoms with Crippen LogP contribution in [-0.2, 0) is 6.42 Å². The van der Waals surface area contributed by atoms with Crippen LogP contribution in [0.4, 0.5) is 5.82 Å². The lowest BCUT2D eigenvalue weighted by atomic mass is 10.0. The van der Waals surface area contributed by atoms with Crippen LogP contribution in [0.15, 0.2) is 48.7 Å². The summed E-state index contributed by atoms with van der Waals surface area (Å²) >= 11 is 0. The molecule has 2 N–H and O–H groups in total. The number of benzene rings is 1. The fourth-order valence-corrected chi connectivity index (χ4v) is 1.97. The molecular formula is C14H12N4. The standard InChI is InChI=1S/C14H12N4/c15-14-6-5-11(17-18-14)9-10-7-8-16-13-4-2-1-3-12(10)13/h1-8H,9H2,(H2,15,18). The fourth-order valence-electron chi connectivity index (χ4n) is 1.97. The molecule has 4 nitrogen and oxygen atoms in total. The van der Waals surface area contributed by atoms with Crippen molar-refractivity contribution >= 4 is 16.7 Å². The lowest BCUT2D eigenvalue weighted by Crippen LogP contribution is -1.98. The summed E-state index contributed by atoms with van der Waals surface area (Å²) in [6, 6.07) is 13.8. The Bertz CT molecular complexity index is 671. The number of pyridine rings is 1. The van der Waals surface area contributed by atoms with E-state index in [0.717, 1.165) is 23.0 Å². The summed E-state index contributed by atoms with van der Waals surface area (Å²) in [5, 5.41) is 9.10. The zero-order valence-electron chi connectivity index (χ0n) is 9.74. The molecule has 18 heavy (non-hydrogen) atoms. The van der Waals surface area contributed by atoms with E-state index in [4.69, 9.17) is 5.73 Å². The number of para-hydroxylation sites is 1. The van der Waals surface area contributed by atoms with Crippen molar-refractivity contribution in [1.82, 2.24) is 15.2 Å². The van der Waals surface area contributed by atoms with Gasteiger partial charge in [-0.2, -0.15) is 5.10 Å². The molecule has 3 rings (SSSR count). The lowest BCUT2D eigenvalue weighted by Gasteiger charge is -2.05. The Morgan fingerprint density at radius 1 is 0.944 bits per heavy atom. The van der Waals surface area contributed by atoms with Crippen LogP contribution in [-0.4, -0.2) is 15.2 Å². The molecule has 88 valence electrons. The number of rotatable bonds is 2. The smallest absolute Gasteiger partial charge is 0.146 e. The summed E-state index contributed by atoms with van der Waals surface area (Å²) < 4.78 is 0. The molecule has 0 unspecified atom stereocenters. The minimum Gasteiger partial charge on any atom is -0.382 e. The number of nitrogens with zero attached hydrogens (tertiary/aromatic N) is 3. The first kappa shape index (κ1) is 10.7. The molecule has 0 aliphatic carbocycles. The van der Waals surface area contributed by atoms with E-state index in [1.165, 1.54) is 5.56 Å². The maximum absolute atomic E-state index is 5.53. The van der Waals surface area contributed by atoms with E-state index >= 15 is 0 Å². The van der Waals surface area contributed by atoms with Crippen molar-refractivity contribution in [3.63, 3.8) is 0 Å². The van der Waals surface area contributed by atoms with E-state index in [1.54, 1.807) is 6.07 Å². The molecule has 0 aliphatic heterocycles.